The van der Waals surface area contributed by atoms with Gasteiger partial charge in [0.15, 0.2) is 0 Å². The molecule has 0 aliphatic carbocycles. The molecule has 0 bridgehead atoms. The lowest BCUT2D eigenvalue weighted by molar-refractivity contribution is 0.286. The van der Waals surface area contributed by atoms with E-state index < -0.39 is 10.4 Å². The molecule has 0 N–H and O–H groups in total. The van der Waals surface area contributed by atoms with Crippen LogP contribution in [0.4, 0.5) is 0 Å². The van der Waals surface area contributed by atoms with E-state index in [1.165, 1.54) is 0 Å². The Morgan fingerprint density at radius 2 is 1.78 bits per heavy atom. The van der Waals surface area contributed by atoms with Crippen LogP contribution in [0.15, 0.2) is 24.3 Å². The molecule has 2 aromatic rings. The van der Waals surface area contributed by atoms with Crippen molar-refractivity contribution >= 4 is 33.0 Å². The van der Waals surface area contributed by atoms with E-state index in [9.17, 15) is 8.42 Å². The molecule has 1 aromatic carbocycles. The molecule has 0 aliphatic rings. The quantitative estimate of drug-likeness (QED) is 0.843. The van der Waals surface area contributed by atoms with E-state index in [4.69, 9.17) is 11.6 Å². The first kappa shape index (κ1) is 14.9. The van der Waals surface area contributed by atoms with E-state index in [-0.39, 0.29) is 0 Å². The number of hydrogen-bond acceptors (Lipinski definition) is 5. The monoisotopic (exact) mass is 292 g/mol. The molecular weight excluding hydrogens is 280 g/mol. The van der Waals surface area contributed by atoms with Gasteiger partial charge in [0.1, 0.15) is 0 Å². The molecule has 8 heteroatoms. The molecule has 1 heterocycles. The third kappa shape index (κ3) is 3.67. The lowest BCUT2D eigenvalue weighted by Crippen LogP contribution is -2.02. The number of imidazole rings is 1. The van der Waals surface area contributed by atoms with Crippen LogP contribution in [-0.4, -0.2) is 32.2 Å². The summed E-state index contributed by atoms with van der Waals surface area (Å²) in [5.41, 5.74) is 2.01. The minimum absolute atomic E-state index is 0.534. The third-order valence-corrected chi connectivity index (χ3v) is 3.30. The molecule has 0 spiro atoms. The lowest BCUT2D eigenvalue weighted by atomic mass is 10.3. The van der Waals surface area contributed by atoms with Crippen molar-refractivity contribution in [1.82, 2.24) is 9.55 Å². The fourth-order valence-electron chi connectivity index (χ4n) is 1.18. The summed E-state index contributed by atoms with van der Waals surface area (Å²) in [6.45, 7) is 0. The predicted molar refractivity (Wildman–Crippen MR) is 68.7 cm³/mol. The van der Waals surface area contributed by atoms with E-state index in [1.807, 2.05) is 35.9 Å². The van der Waals surface area contributed by atoms with Gasteiger partial charge in [-0.2, -0.15) is 8.42 Å². The molecule has 0 aliphatic heterocycles. The van der Waals surface area contributed by atoms with Crippen molar-refractivity contribution in [2.45, 2.75) is 0 Å². The van der Waals surface area contributed by atoms with Crippen LogP contribution in [0.5, 0.6) is 0 Å². The van der Waals surface area contributed by atoms with Crippen LogP contribution in [0, 0.1) is 0 Å². The molecule has 0 amide bonds. The Labute approximate surface area is 110 Å². The van der Waals surface area contributed by atoms with E-state index in [1.54, 1.807) is 0 Å². The number of hydrogen-bond donors (Lipinski definition) is 0. The van der Waals surface area contributed by atoms with Gasteiger partial charge in [-0.3, -0.25) is 8.37 Å². The van der Waals surface area contributed by atoms with Crippen molar-refractivity contribution in [2.24, 2.45) is 7.05 Å². The lowest BCUT2D eigenvalue weighted by Gasteiger charge is -1.92. The molecule has 6 nitrogen and oxygen atoms in total. The van der Waals surface area contributed by atoms with Crippen LogP contribution in [-0.2, 0) is 25.8 Å². The Kier molecular flexibility index (Phi) is 5.09. The number of benzene rings is 1. The Morgan fingerprint density at radius 3 is 2.22 bits per heavy atom. The molecule has 0 radical (unpaired) electrons. The number of para-hydroxylation sites is 2. The maximum atomic E-state index is 9.92. The standard InChI is InChI=1S/C8H7ClN2.C2H6O4S/c1-11-7-5-3-2-4-6(7)10-8(11)9;1-5-7(3,4)6-2/h2-5H,1H3;1-2H3. The Balaban J connectivity index is 0.000000203. The Hall–Kier alpha value is -1.15. The molecule has 0 atom stereocenters. The number of nitrogens with zero attached hydrogens (tertiary/aromatic N) is 2. The van der Waals surface area contributed by atoms with Crippen molar-refractivity contribution in [3.8, 4) is 0 Å². The summed E-state index contributed by atoms with van der Waals surface area (Å²) >= 11 is 5.80. The molecule has 18 heavy (non-hydrogen) atoms. The second kappa shape index (κ2) is 6.14. The number of aryl methyl sites for hydroxylation is 1. The third-order valence-electron chi connectivity index (χ3n) is 2.14. The first-order valence-corrected chi connectivity index (χ1v) is 6.55. The van der Waals surface area contributed by atoms with Gasteiger partial charge >= 0.3 is 10.4 Å². The Bertz CT molecular complexity index is 614. The summed E-state index contributed by atoms with van der Waals surface area (Å²) in [4.78, 5) is 4.14. The summed E-state index contributed by atoms with van der Waals surface area (Å²) in [5, 5.41) is 0.534. The smallest absolute Gasteiger partial charge is 0.318 e. The summed E-state index contributed by atoms with van der Waals surface area (Å²) in [7, 11) is 0.296. The minimum atomic E-state index is -3.66. The SMILES string of the molecule is COS(=O)(=O)OC.Cn1c(Cl)nc2ccccc21. The van der Waals surface area contributed by atoms with E-state index in [0.29, 0.717) is 5.28 Å². The molecule has 1 aromatic heterocycles. The molecule has 0 saturated carbocycles. The van der Waals surface area contributed by atoms with Crippen molar-refractivity contribution in [3.05, 3.63) is 29.5 Å². The second-order valence-corrected chi connectivity index (χ2v) is 4.99. The fraction of sp³-hybridized carbons (Fsp3) is 0.300. The predicted octanol–water partition coefficient (Wildman–Crippen LogP) is 1.75. The summed E-state index contributed by atoms with van der Waals surface area (Å²) in [6, 6.07) is 7.86. The number of rotatable bonds is 2. The molecule has 0 saturated heterocycles. The van der Waals surface area contributed by atoms with E-state index >= 15 is 0 Å². The maximum absolute atomic E-state index is 9.92. The van der Waals surface area contributed by atoms with Gasteiger partial charge < -0.3 is 4.57 Å². The molecule has 0 fully saturated rings. The summed E-state index contributed by atoms with van der Waals surface area (Å²) < 4.78 is 29.4. The Morgan fingerprint density at radius 1 is 1.22 bits per heavy atom. The number of fused-ring (bicyclic) bond motifs is 1. The average molecular weight is 293 g/mol. The van der Waals surface area contributed by atoms with Gasteiger partial charge in [0.05, 0.1) is 25.3 Å². The van der Waals surface area contributed by atoms with Gasteiger partial charge in [-0.1, -0.05) is 12.1 Å². The molecule has 2 rings (SSSR count). The highest BCUT2D eigenvalue weighted by Crippen LogP contribution is 2.16. The van der Waals surface area contributed by atoms with Crippen molar-refractivity contribution in [1.29, 1.82) is 0 Å². The van der Waals surface area contributed by atoms with Crippen LogP contribution >= 0.6 is 11.6 Å². The topological polar surface area (TPSA) is 70.4 Å². The van der Waals surface area contributed by atoms with Crippen LogP contribution in [0.1, 0.15) is 0 Å². The van der Waals surface area contributed by atoms with Crippen molar-refractivity contribution in [2.75, 3.05) is 14.2 Å². The number of aromatic nitrogens is 2. The normalized spacial score (nSPS) is 11.1. The minimum Gasteiger partial charge on any atom is -0.318 e. The fourth-order valence-corrected chi connectivity index (χ4v) is 1.50. The molecule has 100 valence electrons. The summed E-state index contributed by atoms with van der Waals surface area (Å²) in [6.07, 6.45) is 0. The van der Waals surface area contributed by atoms with Gasteiger partial charge in [0, 0.05) is 7.05 Å². The highest BCUT2D eigenvalue weighted by molar-refractivity contribution is 7.81. The zero-order valence-electron chi connectivity index (χ0n) is 10.1. The van der Waals surface area contributed by atoms with Crippen LogP contribution < -0.4 is 0 Å². The largest absolute Gasteiger partial charge is 0.399 e. The zero-order valence-corrected chi connectivity index (χ0v) is 11.7. The first-order valence-electron chi connectivity index (χ1n) is 4.84. The van der Waals surface area contributed by atoms with Gasteiger partial charge in [0.2, 0.25) is 5.28 Å². The van der Waals surface area contributed by atoms with Crippen molar-refractivity contribution < 1.29 is 16.8 Å². The van der Waals surface area contributed by atoms with Crippen LogP contribution in [0.3, 0.4) is 0 Å². The van der Waals surface area contributed by atoms with Gasteiger partial charge in [-0.25, -0.2) is 4.98 Å². The van der Waals surface area contributed by atoms with E-state index in [0.717, 1.165) is 25.3 Å². The van der Waals surface area contributed by atoms with Crippen LogP contribution in [0.2, 0.25) is 5.28 Å². The number of halogens is 1. The van der Waals surface area contributed by atoms with E-state index in [2.05, 4.69) is 13.4 Å². The first-order chi connectivity index (χ1) is 8.41. The van der Waals surface area contributed by atoms with Gasteiger partial charge in [-0.05, 0) is 23.7 Å². The van der Waals surface area contributed by atoms with Crippen molar-refractivity contribution in [3.63, 3.8) is 0 Å². The molecular formula is C10H13ClN2O4S. The van der Waals surface area contributed by atoms with Gasteiger partial charge in [-0.15, -0.1) is 0 Å². The van der Waals surface area contributed by atoms with Crippen LogP contribution in [0.25, 0.3) is 11.0 Å². The van der Waals surface area contributed by atoms with Gasteiger partial charge in [0.25, 0.3) is 0 Å². The maximum Gasteiger partial charge on any atom is 0.399 e. The zero-order chi connectivity index (χ0) is 13.8. The average Bonchev–Trinajstić information content (AvgIpc) is 2.67. The molecule has 0 unspecified atom stereocenters. The highest BCUT2D eigenvalue weighted by Gasteiger charge is 2.02. The highest BCUT2D eigenvalue weighted by atomic mass is 35.5. The second-order valence-electron chi connectivity index (χ2n) is 3.17. The summed E-state index contributed by atoms with van der Waals surface area (Å²) in [5.74, 6) is 0.